The van der Waals surface area contributed by atoms with Gasteiger partial charge in [-0.25, -0.2) is 0 Å². The van der Waals surface area contributed by atoms with E-state index in [2.05, 4.69) is 22.3 Å². The first-order valence-electron chi connectivity index (χ1n) is 8.89. The molecule has 0 radical (unpaired) electrons. The predicted molar refractivity (Wildman–Crippen MR) is 98.9 cm³/mol. The first-order chi connectivity index (χ1) is 11.3. The van der Waals surface area contributed by atoms with E-state index < -0.39 is 0 Å². The summed E-state index contributed by atoms with van der Waals surface area (Å²) in [4.78, 5) is 14.5. The van der Waals surface area contributed by atoms with Gasteiger partial charge in [0, 0.05) is 25.6 Å². The van der Waals surface area contributed by atoms with Crippen LogP contribution in [0, 0.1) is 5.92 Å². The molecule has 0 aliphatic carbocycles. The van der Waals surface area contributed by atoms with Crippen LogP contribution in [0.2, 0.25) is 0 Å². The Morgan fingerprint density at radius 1 is 1.25 bits per heavy atom. The summed E-state index contributed by atoms with van der Waals surface area (Å²) in [7, 11) is 1.73. The van der Waals surface area contributed by atoms with Crippen molar-refractivity contribution in [3.8, 4) is 5.75 Å². The van der Waals surface area contributed by atoms with Gasteiger partial charge >= 0.3 is 0 Å². The lowest BCUT2D eigenvalue weighted by Gasteiger charge is -2.33. The van der Waals surface area contributed by atoms with Crippen LogP contribution < -0.4 is 10.1 Å². The number of para-hydroxylation sites is 1. The van der Waals surface area contributed by atoms with Crippen LogP contribution in [0.15, 0.2) is 24.3 Å². The SMILES string of the molecule is COc1ccccc1CC1CCN(C(=O)CC2CCCN2)CC1.Cl. The molecular weight excluding hydrogens is 324 g/mol. The van der Waals surface area contributed by atoms with Gasteiger partial charge in [-0.1, -0.05) is 18.2 Å². The van der Waals surface area contributed by atoms with Crippen molar-refractivity contribution in [2.24, 2.45) is 5.92 Å². The summed E-state index contributed by atoms with van der Waals surface area (Å²) in [5.74, 6) is 1.97. The largest absolute Gasteiger partial charge is 0.496 e. The second-order valence-electron chi connectivity index (χ2n) is 6.84. The van der Waals surface area contributed by atoms with Gasteiger partial charge in [0.25, 0.3) is 0 Å². The number of hydrogen-bond donors (Lipinski definition) is 1. The van der Waals surface area contributed by atoms with Gasteiger partial charge in [-0.05, 0) is 56.2 Å². The molecule has 24 heavy (non-hydrogen) atoms. The minimum atomic E-state index is 0. The number of methoxy groups -OCH3 is 1. The molecule has 0 saturated carbocycles. The van der Waals surface area contributed by atoms with E-state index in [1.165, 1.54) is 12.0 Å². The number of rotatable bonds is 5. The zero-order valence-corrected chi connectivity index (χ0v) is 15.3. The lowest BCUT2D eigenvalue weighted by molar-refractivity contribution is -0.133. The van der Waals surface area contributed by atoms with Gasteiger partial charge < -0.3 is 15.0 Å². The van der Waals surface area contributed by atoms with E-state index >= 15 is 0 Å². The first-order valence-corrected chi connectivity index (χ1v) is 8.89. The molecular formula is C19H29ClN2O2. The van der Waals surface area contributed by atoms with Gasteiger partial charge in [0.2, 0.25) is 5.91 Å². The first kappa shape index (κ1) is 19.1. The van der Waals surface area contributed by atoms with E-state index in [1.807, 2.05) is 12.1 Å². The Morgan fingerprint density at radius 3 is 2.67 bits per heavy atom. The quantitative estimate of drug-likeness (QED) is 0.885. The van der Waals surface area contributed by atoms with E-state index in [4.69, 9.17) is 4.74 Å². The molecule has 2 heterocycles. The van der Waals surface area contributed by atoms with Crippen molar-refractivity contribution in [3.63, 3.8) is 0 Å². The number of carbonyl (C=O) groups excluding carboxylic acids is 1. The third kappa shape index (κ3) is 4.87. The molecule has 1 unspecified atom stereocenters. The Bertz CT molecular complexity index is 524. The van der Waals surface area contributed by atoms with Crippen molar-refractivity contribution >= 4 is 18.3 Å². The second kappa shape index (κ2) is 9.28. The molecule has 2 aliphatic rings. The number of carbonyl (C=O) groups is 1. The molecule has 1 aromatic carbocycles. The summed E-state index contributed by atoms with van der Waals surface area (Å²) in [5, 5.41) is 3.42. The van der Waals surface area contributed by atoms with Gasteiger partial charge in [0.05, 0.1) is 7.11 Å². The average Bonchev–Trinajstić information content (AvgIpc) is 3.09. The topological polar surface area (TPSA) is 41.6 Å². The highest BCUT2D eigenvalue weighted by Crippen LogP contribution is 2.27. The number of likely N-dealkylation sites (tertiary alicyclic amines) is 1. The fraction of sp³-hybridized carbons (Fsp3) is 0.632. The number of amides is 1. The highest BCUT2D eigenvalue weighted by Gasteiger charge is 2.26. The molecule has 1 amide bonds. The molecule has 134 valence electrons. The van der Waals surface area contributed by atoms with Crippen molar-refractivity contribution < 1.29 is 9.53 Å². The molecule has 1 N–H and O–H groups in total. The Balaban J connectivity index is 0.00000208. The monoisotopic (exact) mass is 352 g/mol. The Morgan fingerprint density at radius 2 is 2.00 bits per heavy atom. The molecule has 4 nitrogen and oxygen atoms in total. The van der Waals surface area contributed by atoms with Crippen LogP contribution in [0.25, 0.3) is 0 Å². The smallest absolute Gasteiger partial charge is 0.224 e. The summed E-state index contributed by atoms with van der Waals surface area (Å²) in [6.45, 7) is 2.88. The van der Waals surface area contributed by atoms with Gasteiger partial charge in [-0.15, -0.1) is 12.4 Å². The van der Waals surface area contributed by atoms with E-state index in [-0.39, 0.29) is 12.4 Å². The summed E-state index contributed by atoms with van der Waals surface area (Å²) in [5.41, 5.74) is 1.29. The molecule has 0 aromatic heterocycles. The fourth-order valence-corrected chi connectivity index (χ4v) is 3.84. The van der Waals surface area contributed by atoms with Crippen LogP contribution in [-0.2, 0) is 11.2 Å². The van der Waals surface area contributed by atoms with Crippen LogP contribution in [0.3, 0.4) is 0 Å². The normalized spacial score (nSPS) is 21.4. The van der Waals surface area contributed by atoms with Crippen molar-refractivity contribution in [2.75, 3.05) is 26.7 Å². The number of benzene rings is 1. The summed E-state index contributed by atoms with van der Waals surface area (Å²) in [6.07, 6.45) is 6.28. The Kier molecular flexibility index (Phi) is 7.38. The lowest BCUT2D eigenvalue weighted by Crippen LogP contribution is -2.41. The lowest BCUT2D eigenvalue weighted by atomic mass is 9.89. The van der Waals surface area contributed by atoms with Gasteiger partial charge in [0.15, 0.2) is 0 Å². The predicted octanol–water partition coefficient (Wildman–Crippen LogP) is 3.04. The fourth-order valence-electron chi connectivity index (χ4n) is 3.84. The maximum Gasteiger partial charge on any atom is 0.224 e. The summed E-state index contributed by atoms with van der Waals surface area (Å²) in [6, 6.07) is 8.69. The molecule has 2 saturated heterocycles. The van der Waals surface area contributed by atoms with Gasteiger partial charge in [-0.3, -0.25) is 4.79 Å². The van der Waals surface area contributed by atoms with Crippen LogP contribution in [0.1, 0.15) is 37.7 Å². The second-order valence-corrected chi connectivity index (χ2v) is 6.84. The van der Waals surface area contributed by atoms with Crippen molar-refractivity contribution in [3.05, 3.63) is 29.8 Å². The number of ether oxygens (including phenoxy) is 1. The number of nitrogens with one attached hydrogen (secondary N) is 1. The average molecular weight is 353 g/mol. The number of hydrogen-bond acceptors (Lipinski definition) is 3. The van der Waals surface area contributed by atoms with E-state index in [0.29, 0.717) is 24.3 Å². The molecule has 1 aromatic rings. The van der Waals surface area contributed by atoms with Gasteiger partial charge in [0.1, 0.15) is 5.75 Å². The number of nitrogens with zero attached hydrogens (tertiary/aromatic N) is 1. The van der Waals surface area contributed by atoms with E-state index in [0.717, 1.165) is 51.1 Å². The molecule has 2 fully saturated rings. The van der Waals surface area contributed by atoms with Crippen LogP contribution in [0.4, 0.5) is 0 Å². The maximum atomic E-state index is 12.4. The maximum absolute atomic E-state index is 12.4. The highest BCUT2D eigenvalue weighted by molar-refractivity contribution is 5.85. The number of halogens is 1. The Hall–Kier alpha value is -1.26. The van der Waals surface area contributed by atoms with Crippen LogP contribution >= 0.6 is 12.4 Å². The third-order valence-corrected chi connectivity index (χ3v) is 5.25. The van der Waals surface area contributed by atoms with Crippen molar-refractivity contribution in [2.45, 2.75) is 44.6 Å². The molecule has 3 rings (SSSR count). The third-order valence-electron chi connectivity index (χ3n) is 5.25. The highest BCUT2D eigenvalue weighted by atomic mass is 35.5. The zero-order valence-electron chi connectivity index (χ0n) is 14.5. The van der Waals surface area contributed by atoms with E-state index in [9.17, 15) is 4.79 Å². The van der Waals surface area contributed by atoms with Crippen molar-refractivity contribution in [1.82, 2.24) is 10.2 Å². The molecule has 1 atom stereocenters. The van der Waals surface area contributed by atoms with Gasteiger partial charge in [-0.2, -0.15) is 0 Å². The number of piperidine rings is 1. The minimum absolute atomic E-state index is 0. The van der Waals surface area contributed by atoms with E-state index in [1.54, 1.807) is 7.11 Å². The molecule has 0 bridgehead atoms. The molecule has 5 heteroatoms. The summed E-state index contributed by atoms with van der Waals surface area (Å²) >= 11 is 0. The Labute approximate surface area is 151 Å². The summed E-state index contributed by atoms with van der Waals surface area (Å²) < 4.78 is 5.45. The molecule has 2 aliphatic heterocycles. The standard InChI is InChI=1S/C19H28N2O2.ClH/c1-23-18-7-3-2-5-16(18)13-15-8-11-21(12-9-15)19(22)14-17-6-4-10-20-17;/h2-3,5,7,15,17,20H,4,6,8-14H2,1H3;1H. The van der Waals surface area contributed by atoms with Crippen LogP contribution in [0.5, 0.6) is 5.75 Å². The van der Waals surface area contributed by atoms with Crippen LogP contribution in [-0.4, -0.2) is 43.6 Å². The zero-order chi connectivity index (χ0) is 16.1. The van der Waals surface area contributed by atoms with Crippen molar-refractivity contribution in [1.29, 1.82) is 0 Å². The molecule has 0 spiro atoms. The minimum Gasteiger partial charge on any atom is -0.496 e.